The zero-order chi connectivity index (χ0) is 23.1. The summed E-state index contributed by atoms with van der Waals surface area (Å²) < 4.78 is 27.5. The van der Waals surface area contributed by atoms with Gasteiger partial charge in [-0.2, -0.15) is 4.31 Å². The fourth-order valence-corrected chi connectivity index (χ4v) is 5.94. The fraction of sp³-hybridized carbons (Fsp3) is 0.423. The minimum absolute atomic E-state index is 0.0341. The molecule has 2 fully saturated rings. The van der Waals surface area contributed by atoms with Crippen molar-refractivity contribution >= 4 is 22.0 Å². The van der Waals surface area contributed by atoms with E-state index in [0.29, 0.717) is 31.7 Å². The van der Waals surface area contributed by atoms with Crippen LogP contribution in [0, 0.1) is 0 Å². The first-order valence-corrected chi connectivity index (χ1v) is 13.3. The first-order valence-electron chi connectivity index (χ1n) is 11.9. The van der Waals surface area contributed by atoms with Crippen LogP contribution in [-0.2, 0) is 10.0 Å². The molecule has 2 aromatic rings. The second-order valence-corrected chi connectivity index (χ2v) is 10.7. The quantitative estimate of drug-likeness (QED) is 0.650. The second-order valence-electron chi connectivity index (χ2n) is 8.75. The number of amides is 1. The summed E-state index contributed by atoms with van der Waals surface area (Å²) in [6, 6.07) is 16.7. The zero-order valence-corrected chi connectivity index (χ0v) is 19.9. The van der Waals surface area contributed by atoms with E-state index in [2.05, 4.69) is 29.2 Å². The molecule has 1 amide bonds. The molecule has 2 aliphatic heterocycles. The van der Waals surface area contributed by atoms with Gasteiger partial charge in [0.2, 0.25) is 10.0 Å². The third-order valence-electron chi connectivity index (χ3n) is 6.44. The SMILES string of the molecule is O=C(c1ccc(S(=O)(=O)N2CCCCCC2)cc1)N1CCN(C/C=C/c2ccccc2)CC1. The summed E-state index contributed by atoms with van der Waals surface area (Å²) in [7, 11) is -3.49. The average Bonchev–Trinajstić information content (AvgIpc) is 3.15. The first-order chi connectivity index (χ1) is 16.0. The van der Waals surface area contributed by atoms with Gasteiger partial charge in [-0.1, -0.05) is 55.3 Å². The average molecular weight is 468 g/mol. The predicted octanol–water partition coefficient (Wildman–Crippen LogP) is 3.72. The Kier molecular flexibility index (Phi) is 7.96. The van der Waals surface area contributed by atoms with Crippen molar-refractivity contribution in [3.63, 3.8) is 0 Å². The molecular weight excluding hydrogens is 434 g/mol. The van der Waals surface area contributed by atoms with Crippen LogP contribution >= 0.6 is 0 Å². The molecule has 0 bridgehead atoms. The number of piperazine rings is 1. The third kappa shape index (κ3) is 6.10. The molecule has 33 heavy (non-hydrogen) atoms. The fourth-order valence-electron chi connectivity index (χ4n) is 4.42. The molecule has 2 aromatic carbocycles. The van der Waals surface area contributed by atoms with Crippen molar-refractivity contribution < 1.29 is 13.2 Å². The van der Waals surface area contributed by atoms with Gasteiger partial charge in [-0.15, -0.1) is 0 Å². The third-order valence-corrected chi connectivity index (χ3v) is 8.35. The molecule has 2 aliphatic rings. The number of sulfonamides is 1. The molecule has 0 radical (unpaired) electrons. The lowest BCUT2D eigenvalue weighted by atomic mass is 10.2. The molecule has 0 atom stereocenters. The highest BCUT2D eigenvalue weighted by atomic mass is 32.2. The van der Waals surface area contributed by atoms with Gasteiger partial charge >= 0.3 is 0 Å². The molecule has 0 aliphatic carbocycles. The molecule has 0 saturated carbocycles. The van der Waals surface area contributed by atoms with E-state index >= 15 is 0 Å². The zero-order valence-electron chi connectivity index (χ0n) is 19.1. The van der Waals surface area contributed by atoms with Gasteiger partial charge in [-0.3, -0.25) is 9.69 Å². The van der Waals surface area contributed by atoms with E-state index in [1.54, 1.807) is 28.6 Å². The number of rotatable bonds is 6. The topological polar surface area (TPSA) is 60.9 Å². The van der Waals surface area contributed by atoms with E-state index in [1.165, 1.54) is 5.56 Å². The number of carbonyl (C=O) groups is 1. The largest absolute Gasteiger partial charge is 0.336 e. The van der Waals surface area contributed by atoms with Crippen molar-refractivity contribution in [3.8, 4) is 0 Å². The molecular formula is C26H33N3O3S. The summed E-state index contributed by atoms with van der Waals surface area (Å²) in [6.45, 7) is 5.01. The highest BCUT2D eigenvalue weighted by molar-refractivity contribution is 7.89. The van der Waals surface area contributed by atoms with E-state index in [4.69, 9.17) is 0 Å². The number of hydrogen-bond donors (Lipinski definition) is 0. The Morgan fingerprint density at radius 1 is 0.788 bits per heavy atom. The van der Waals surface area contributed by atoms with Crippen molar-refractivity contribution in [2.45, 2.75) is 30.6 Å². The summed E-state index contributed by atoms with van der Waals surface area (Å²) in [5.41, 5.74) is 1.73. The summed E-state index contributed by atoms with van der Waals surface area (Å²) in [6.07, 6.45) is 8.26. The number of hydrogen-bond acceptors (Lipinski definition) is 4. The van der Waals surface area contributed by atoms with Crippen LogP contribution in [-0.4, -0.2) is 74.2 Å². The molecule has 0 aromatic heterocycles. The van der Waals surface area contributed by atoms with E-state index in [1.807, 2.05) is 23.1 Å². The van der Waals surface area contributed by atoms with Gasteiger partial charge in [0.1, 0.15) is 0 Å². The minimum Gasteiger partial charge on any atom is -0.336 e. The highest BCUT2D eigenvalue weighted by Gasteiger charge is 2.26. The van der Waals surface area contributed by atoms with Crippen molar-refractivity contribution in [2.75, 3.05) is 45.8 Å². The normalized spacial score (nSPS) is 19.0. The predicted molar refractivity (Wildman–Crippen MR) is 131 cm³/mol. The van der Waals surface area contributed by atoms with Crippen LogP contribution < -0.4 is 0 Å². The maximum Gasteiger partial charge on any atom is 0.253 e. The van der Waals surface area contributed by atoms with Crippen molar-refractivity contribution in [1.82, 2.24) is 14.1 Å². The van der Waals surface area contributed by atoms with Crippen LogP contribution in [0.4, 0.5) is 0 Å². The Balaban J connectivity index is 1.30. The maximum absolute atomic E-state index is 13.0. The standard InChI is InChI=1S/C26H33N3O3S/c30-26(28-21-19-27(20-22-28)16-8-11-23-9-4-3-5-10-23)24-12-14-25(15-13-24)33(31,32)29-17-6-1-2-7-18-29/h3-5,8-15H,1-2,6-7,16-22H2/b11-8+. The van der Waals surface area contributed by atoms with Gasteiger partial charge in [-0.05, 0) is 42.7 Å². The van der Waals surface area contributed by atoms with Crippen LogP contribution in [0.5, 0.6) is 0 Å². The molecule has 2 saturated heterocycles. The Morgan fingerprint density at radius 2 is 1.42 bits per heavy atom. The Bertz CT molecular complexity index is 1040. The van der Waals surface area contributed by atoms with E-state index in [9.17, 15) is 13.2 Å². The Morgan fingerprint density at radius 3 is 2.06 bits per heavy atom. The van der Waals surface area contributed by atoms with E-state index in [0.717, 1.165) is 45.3 Å². The highest BCUT2D eigenvalue weighted by Crippen LogP contribution is 2.21. The summed E-state index contributed by atoms with van der Waals surface area (Å²) >= 11 is 0. The first kappa shape index (κ1) is 23.7. The van der Waals surface area contributed by atoms with Crippen LogP contribution in [0.2, 0.25) is 0 Å². The molecule has 0 unspecified atom stereocenters. The lowest BCUT2D eigenvalue weighted by Gasteiger charge is -2.34. The van der Waals surface area contributed by atoms with Gasteiger partial charge in [0.05, 0.1) is 4.90 Å². The van der Waals surface area contributed by atoms with Crippen molar-refractivity contribution in [1.29, 1.82) is 0 Å². The Hall–Kier alpha value is -2.48. The van der Waals surface area contributed by atoms with Crippen LogP contribution in [0.25, 0.3) is 6.08 Å². The summed E-state index contributed by atoms with van der Waals surface area (Å²) in [5, 5.41) is 0. The molecule has 7 heteroatoms. The lowest BCUT2D eigenvalue weighted by Crippen LogP contribution is -2.48. The van der Waals surface area contributed by atoms with Gasteiger partial charge in [0.15, 0.2) is 0 Å². The van der Waals surface area contributed by atoms with Gasteiger partial charge in [0.25, 0.3) is 5.91 Å². The van der Waals surface area contributed by atoms with Gasteiger partial charge < -0.3 is 4.90 Å². The molecule has 2 heterocycles. The number of nitrogens with zero attached hydrogens (tertiary/aromatic N) is 3. The van der Waals surface area contributed by atoms with Crippen molar-refractivity contribution in [2.24, 2.45) is 0 Å². The van der Waals surface area contributed by atoms with Crippen LogP contribution in [0.15, 0.2) is 65.6 Å². The molecule has 0 spiro atoms. The molecule has 6 nitrogen and oxygen atoms in total. The van der Waals surface area contributed by atoms with Crippen LogP contribution in [0.3, 0.4) is 0 Å². The number of benzene rings is 2. The molecule has 4 rings (SSSR count). The van der Waals surface area contributed by atoms with Gasteiger partial charge in [0, 0.05) is 51.4 Å². The Labute approximate surface area is 197 Å². The minimum atomic E-state index is -3.49. The van der Waals surface area contributed by atoms with Gasteiger partial charge in [-0.25, -0.2) is 8.42 Å². The van der Waals surface area contributed by atoms with E-state index < -0.39 is 10.0 Å². The summed E-state index contributed by atoms with van der Waals surface area (Å²) in [4.78, 5) is 17.4. The van der Waals surface area contributed by atoms with E-state index in [-0.39, 0.29) is 10.8 Å². The van der Waals surface area contributed by atoms with Crippen molar-refractivity contribution in [3.05, 3.63) is 71.8 Å². The molecule has 176 valence electrons. The number of carbonyl (C=O) groups excluding carboxylic acids is 1. The monoisotopic (exact) mass is 467 g/mol. The molecule has 0 N–H and O–H groups in total. The maximum atomic E-state index is 13.0. The second kappa shape index (κ2) is 11.1. The summed E-state index contributed by atoms with van der Waals surface area (Å²) in [5.74, 6) is -0.0341. The lowest BCUT2D eigenvalue weighted by molar-refractivity contribution is 0.0650. The smallest absolute Gasteiger partial charge is 0.253 e. The van der Waals surface area contributed by atoms with Crippen LogP contribution in [0.1, 0.15) is 41.6 Å².